The van der Waals surface area contributed by atoms with Crippen LogP contribution >= 0.6 is 11.6 Å². The van der Waals surface area contributed by atoms with Crippen LogP contribution in [-0.2, 0) is 0 Å². The second-order valence-corrected chi connectivity index (χ2v) is 5.30. The maximum atomic E-state index is 12.0. The number of hydrogen-bond donors (Lipinski definition) is 1. The van der Waals surface area contributed by atoms with Crippen LogP contribution in [-0.4, -0.2) is 17.3 Å². The van der Waals surface area contributed by atoms with Gasteiger partial charge in [-0.2, -0.15) is 0 Å². The Morgan fingerprint density at radius 1 is 1.23 bits per heavy atom. The SMILES string of the molecule is Cc1ccc(C(=O)CCNc2ccc(Cl)c([N+](=O)[O-])c2)cc1. The second-order valence-electron chi connectivity index (χ2n) is 4.89. The average molecular weight is 319 g/mol. The first kappa shape index (κ1) is 16.0. The number of benzene rings is 2. The zero-order chi connectivity index (χ0) is 16.1. The number of carbonyl (C=O) groups is 1. The smallest absolute Gasteiger partial charge is 0.289 e. The van der Waals surface area contributed by atoms with E-state index < -0.39 is 4.92 Å². The Kier molecular flexibility index (Phi) is 5.12. The molecular weight excluding hydrogens is 304 g/mol. The topological polar surface area (TPSA) is 72.2 Å². The number of rotatable bonds is 6. The van der Waals surface area contributed by atoms with Gasteiger partial charge in [0.1, 0.15) is 5.02 Å². The van der Waals surface area contributed by atoms with Gasteiger partial charge in [0.15, 0.2) is 5.78 Å². The molecule has 2 aromatic carbocycles. The van der Waals surface area contributed by atoms with E-state index >= 15 is 0 Å². The summed E-state index contributed by atoms with van der Waals surface area (Å²) < 4.78 is 0. The molecule has 1 N–H and O–H groups in total. The van der Waals surface area contributed by atoms with Gasteiger partial charge in [0.25, 0.3) is 5.69 Å². The van der Waals surface area contributed by atoms with E-state index in [1.54, 1.807) is 18.2 Å². The number of nitrogens with zero attached hydrogens (tertiary/aromatic N) is 1. The van der Waals surface area contributed by atoms with Crippen molar-refractivity contribution in [2.45, 2.75) is 13.3 Å². The first-order chi connectivity index (χ1) is 10.5. The van der Waals surface area contributed by atoms with Crippen LogP contribution in [0.4, 0.5) is 11.4 Å². The van der Waals surface area contributed by atoms with Gasteiger partial charge in [0, 0.05) is 30.3 Å². The Morgan fingerprint density at radius 2 is 1.91 bits per heavy atom. The summed E-state index contributed by atoms with van der Waals surface area (Å²) in [5.74, 6) is 0.0240. The molecule has 0 aliphatic rings. The highest BCUT2D eigenvalue weighted by Crippen LogP contribution is 2.27. The fourth-order valence-electron chi connectivity index (χ4n) is 1.97. The highest BCUT2D eigenvalue weighted by molar-refractivity contribution is 6.32. The van der Waals surface area contributed by atoms with E-state index in [1.807, 2.05) is 19.1 Å². The molecule has 0 unspecified atom stereocenters. The zero-order valence-corrected chi connectivity index (χ0v) is 12.8. The highest BCUT2D eigenvalue weighted by atomic mass is 35.5. The summed E-state index contributed by atoms with van der Waals surface area (Å²) in [6.07, 6.45) is 0.305. The number of hydrogen-bond acceptors (Lipinski definition) is 4. The third kappa shape index (κ3) is 4.05. The largest absolute Gasteiger partial charge is 0.384 e. The molecule has 0 radical (unpaired) electrons. The van der Waals surface area contributed by atoms with Crippen molar-refractivity contribution in [3.63, 3.8) is 0 Å². The van der Waals surface area contributed by atoms with Crippen LogP contribution in [0.15, 0.2) is 42.5 Å². The predicted octanol–water partition coefficient (Wildman–Crippen LogP) is 4.24. The maximum absolute atomic E-state index is 12.0. The number of aryl methyl sites for hydroxylation is 1. The molecule has 22 heavy (non-hydrogen) atoms. The van der Waals surface area contributed by atoms with Crippen LogP contribution in [0.25, 0.3) is 0 Å². The van der Waals surface area contributed by atoms with Crippen molar-refractivity contribution in [3.8, 4) is 0 Å². The molecule has 0 aliphatic carbocycles. The summed E-state index contributed by atoms with van der Waals surface area (Å²) in [5, 5.41) is 13.9. The fraction of sp³-hybridized carbons (Fsp3) is 0.188. The fourth-order valence-corrected chi connectivity index (χ4v) is 2.15. The minimum atomic E-state index is -0.537. The molecule has 0 saturated carbocycles. The van der Waals surface area contributed by atoms with E-state index in [1.165, 1.54) is 12.1 Å². The maximum Gasteiger partial charge on any atom is 0.289 e. The third-order valence-electron chi connectivity index (χ3n) is 3.20. The number of halogens is 1. The number of nitrogens with one attached hydrogen (secondary N) is 1. The number of anilines is 1. The van der Waals surface area contributed by atoms with Gasteiger partial charge < -0.3 is 5.32 Å². The van der Waals surface area contributed by atoms with Crippen molar-refractivity contribution in [1.82, 2.24) is 0 Å². The van der Waals surface area contributed by atoms with E-state index in [2.05, 4.69) is 5.32 Å². The van der Waals surface area contributed by atoms with Crippen molar-refractivity contribution in [2.24, 2.45) is 0 Å². The van der Waals surface area contributed by atoms with Crippen LogP contribution in [0.5, 0.6) is 0 Å². The molecule has 0 aromatic heterocycles. The van der Waals surface area contributed by atoms with Crippen molar-refractivity contribution in [2.75, 3.05) is 11.9 Å². The Bertz CT molecular complexity index is 699. The van der Waals surface area contributed by atoms with Gasteiger partial charge in [0.2, 0.25) is 0 Å². The van der Waals surface area contributed by atoms with Gasteiger partial charge in [0.05, 0.1) is 4.92 Å². The van der Waals surface area contributed by atoms with Crippen LogP contribution in [0, 0.1) is 17.0 Å². The lowest BCUT2D eigenvalue weighted by Gasteiger charge is -2.07. The molecule has 6 heteroatoms. The Morgan fingerprint density at radius 3 is 2.55 bits per heavy atom. The van der Waals surface area contributed by atoms with Gasteiger partial charge in [-0.15, -0.1) is 0 Å². The first-order valence-electron chi connectivity index (χ1n) is 6.75. The van der Waals surface area contributed by atoms with Crippen molar-refractivity contribution < 1.29 is 9.72 Å². The Labute approximate surface area is 133 Å². The normalized spacial score (nSPS) is 10.3. The minimum Gasteiger partial charge on any atom is -0.384 e. The quantitative estimate of drug-likeness (QED) is 0.491. The summed E-state index contributed by atoms with van der Waals surface area (Å²) in [6.45, 7) is 2.36. The van der Waals surface area contributed by atoms with Crippen LogP contribution in [0.2, 0.25) is 5.02 Å². The summed E-state index contributed by atoms with van der Waals surface area (Å²) in [6, 6.07) is 11.8. The number of ketones is 1. The first-order valence-corrected chi connectivity index (χ1v) is 7.13. The molecule has 0 heterocycles. The van der Waals surface area contributed by atoms with E-state index in [9.17, 15) is 14.9 Å². The van der Waals surface area contributed by atoms with Gasteiger partial charge in [-0.05, 0) is 19.1 Å². The number of nitro groups is 1. The summed E-state index contributed by atoms with van der Waals surface area (Å²) in [7, 11) is 0. The third-order valence-corrected chi connectivity index (χ3v) is 3.52. The van der Waals surface area contributed by atoms with Gasteiger partial charge in [-0.25, -0.2) is 0 Å². The van der Waals surface area contributed by atoms with Crippen LogP contribution in [0.3, 0.4) is 0 Å². The summed E-state index contributed by atoms with van der Waals surface area (Å²) in [4.78, 5) is 22.3. The molecule has 0 amide bonds. The van der Waals surface area contributed by atoms with E-state index in [-0.39, 0.29) is 16.5 Å². The van der Waals surface area contributed by atoms with Crippen molar-refractivity contribution >= 4 is 28.8 Å². The standard InChI is InChI=1S/C16H15ClN2O3/c1-11-2-4-12(5-3-11)16(20)8-9-18-13-6-7-14(17)15(10-13)19(21)22/h2-7,10,18H,8-9H2,1H3. The lowest BCUT2D eigenvalue weighted by molar-refractivity contribution is -0.384. The second kappa shape index (κ2) is 7.04. The predicted molar refractivity (Wildman–Crippen MR) is 86.7 cm³/mol. The Balaban J connectivity index is 1.93. The van der Waals surface area contributed by atoms with Crippen LogP contribution < -0.4 is 5.32 Å². The summed E-state index contributed by atoms with van der Waals surface area (Å²) >= 11 is 5.74. The molecule has 0 bridgehead atoms. The number of nitro benzene ring substituents is 1. The molecule has 5 nitrogen and oxygen atoms in total. The highest BCUT2D eigenvalue weighted by Gasteiger charge is 2.12. The van der Waals surface area contributed by atoms with E-state index in [0.717, 1.165) is 5.56 Å². The van der Waals surface area contributed by atoms with Gasteiger partial charge in [-0.1, -0.05) is 41.4 Å². The van der Waals surface area contributed by atoms with Gasteiger partial charge in [-0.3, -0.25) is 14.9 Å². The van der Waals surface area contributed by atoms with E-state index in [4.69, 9.17) is 11.6 Å². The van der Waals surface area contributed by atoms with Crippen molar-refractivity contribution in [1.29, 1.82) is 0 Å². The molecular formula is C16H15ClN2O3. The van der Waals surface area contributed by atoms with Crippen molar-refractivity contribution in [3.05, 3.63) is 68.7 Å². The molecule has 2 rings (SSSR count). The average Bonchev–Trinajstić information content (AvgIpc) is 2.49. The Hall–Kier alpha value is -2.40. The molecule has 0 aliphatic heterocycles. The van der Waals surface area contributed by atoms with Gasteiger partial charge >= 0.3 is 0 Å². The van der Waals surface area contributed by atoms with E-state index in [0.29, 0.717) is 24.2 Å². The molecule has 114 valence electrons. The van der Waals surface area contributed by atoms with Crippen LogP contribution in [0.1, 0.15) is 22.3 Å². The molecule has 0 atom stereocenters. The minimum absolute atomic E-state index is 0.0240. The molecule has 0 fully saturated rings. The summed E-state index contributed by atoms with van der Waals surface area (Å²) in [5.41, 5.74) is 2.17. The molecule has 0 saturated heterocycles. The number of carbonyl (C=O) groups excluding carboxylic acids is 1. The lowest BCUT2D eigenvalue weighted by atomic mass is 10.1. The lowest BCUT2D eigenvalue weighted by Crippen LogP contribution is -2.09. The monoisotopic (exact) mass is 318 g/mol. The molecule has 0 spiro atoms. The zero-order valence-electron chi connectivity index (χ0n) is 12.0. The molecule has 2 aromatic rings. The number of Topliss-reactive ketones (excluding diaryl/α,β-unsaturated/α-hetero) is 1.